The molecule has 10 heteroatoms. The molecule has 0 amide bonds. The predicted molar refractivity (Wildman–Crippen MR) is 100 cm³/mol. The number of nitro benzene ring substituents is 1. The summed E-state index contributed by atoms with van der Waals surface area (Å²) in [5, 5.41) is 11.6. The molecule has 0 unspecified atom stereocenters. The van der Waals surface area contributed by atoms with E-state index in [0.29, 0.717) is 0 Å². The SMILES string of the molecule is CCOC(=O)c1cc(C(=O)OCC)c(=O)n(-c2ccc(Cl)cc2[N+](=O)[O-])c1C. The van der Waals surface area contributed by atoms with Gasteiger partial charge in [0.05, 0.1) is 23.7 Å². The Morgan fingerprint density at radius 3 is 2.21 bits per heavy atom. The van der Waals surface area contributed by atoms with Crippen LogP contribution in [-0.2, 0) is 9.47 Å². The van der Waals surface area contributed by atoms with Crippen LogP contribution in [0.2, 0.25) is 5.02 Å². The first-order valence-electron chi connectivity index (χ1n) is 8.28. The zero-order valence-corrected chi connectivity index (χ0v) is 16.1. The number of rotatable bonds is 6. The lowest BCUT2D eigenvalue weighted by Gasteiger charge is -2.16. The highest BCUT2D eigenvalue weighted by Gasteiger charge is 2.26. The minimum Gasteiger partial charge on any atom is -0.462 e. The summed E-state index contributed by atoms with van der Waals surface area (Å²) >= 11 is 5.83. The molecule has 148 valence electrons. The number of hydrogen-bond acceptors (Lipinski definition) is 7. The van der Waals surface area contributed by atoms with E-state index in [2.05, 4.69) is 0 Å². The fraction of sp³-hybridized carbons (Fsp3) is 0.278. The summed E-state index contributed by atoms with van der Waals surface area (Å²) in [6.07, 6.45) is 0. The van der Waals surface area contributed by atoms with Crippen molar-refractivity contribution in [3.63, 3.8) is 0 Å². The first kappa shape index (κ1) is 21.1. The smallest absolute Gasteiger partial charge is 0.343 e. The van der Waals surface area contributed by atoms with Crippen molar-refractivity contribution in [2.75, 3.05) is 13.2 Å². The quantitative estimate of drug-likeness (QED) is 0.409. The molecule has 0 atom stereocenters. The van der Waals surface area contributed by atoms with E-state index in [0.717, 1.165) is 16.7 Å². The van der Waals surface area contributed by atoms with Gasteiger partial charge in [0.15, 0.2) is 0 Å². The van der Waals surface area contributed by atoms with Crippen molar-refractivity contribution in [2.24, 2.45) is 0 Å². The summed E-state index contributed by atoms with van der Waals surface area (Å²) in [5.41, 5.74) is -1.94. The van der Waals surface area contributed by atoms with Gasteiger partial charge < -0.3 is 9.47 Å². The Labute approximate surface area is 164 Å². The van der Waals surface area contributed by atoms with Crippen LogP contribution in [0.3, 0.4) is 0 Å². The van der Waals surface area contributed by atoms with Gasteiger partial charge in [-0.15, -0.1) is 0 Å². The van der Waals surface area contributed by atoms with Gasteiger partial charge in [-0.25, -0.2) is 9.59 Å². The molecule has 2 rings (SSSR count). The molecule has 0 radical (unpaired) electrons. The number of aromatic nitrogens is 1. The summed E-state index contributed by atoms with van der Waals surface area (Å²) in [5.74, 6) is -1.74. The number of nitro groups is 1. The topological polar surface area (TPSA) is 118 Å². The lowest BCUT2D eigenvalue weighted by Crippen LogP contribution is -2.30. The lowest BCUT2D eigenvalue weighted by atomic mass is 10.1. The van der Waals surface area contributed by atoms with Gasteiger partial charge in [-0.2, -0.15) is 0 Å². The Bertz CT molecular complexity index is 1010. The van der Waals surface area contributed by atoms with Gasteiger partial charge in [-0.1, -0.05) is 11.6 Å². The third-order valence-corrected chi connectivity index (χ3v) is 4.05. The van der Waals surface area contributed by atoms with Gasteiger partial charge in [-0.05, 0) is 39.0 Å². The average Bonchev–Trinajstić information content (AvgIpc) is 2.63. The molecule has 1 aromatic heterocycles. The van der Waals surface area contributed by atoms with Crippen LogP contribution < -0.4 is 5.56 Å². The molecular formula is C18H17ClN2O7. The average molecular weight is 409 g/mol. The second-order valence-electron chi connectivity index (χ2n) is 5.53. The van der Waals surface area contributed by atoms with Crippen molar-refractivity contribution < 1.29 is 24.0 Å². The van der Waals surface area contributed by atoms with E-state index in [1.807, 2.05) is 0 Å². The Hall–Kier alpha value is -3.20. The molecule has 0 saturated carbocycles. The standard InChI is InChI=1S/C18H17ClN2O7/c1-4-27-17(23)12-9-13(18(24)28-5-2)16(22)20(10(12)3)14-7-6-11(19)8-15(14)21(25)26/h6-9H,4-5H2,1-3H3. The van der Waals surface area contributed by atoms with Gasteiger partial charge in [0.25, 0.3) is 11.2 Å². The van der Waals surface area contributed by atoms with Gasteiger partial charge in [0, 0.05) is 16.8 Å². The Balaban J connectivity index is 2.91. The second kappa shape index (κ2) is 8.66. The Morgan fingerprint density at radius 2 is 1.68 bits per heavy atom. The number of hydrogen-bond donors (Lipinski definition) is 0. The Morgan fingerprint density at radius 1 is 1.11 bits per heavy atom. The van der Waals surface area contributed by atoms with E-state index in [1.165, 1.54) is 19.1 Å². The number of pyridine rings is 1. The number of ether oxygens (including phenoxy) is 2. The van der Waals surface area contributed by atoms with Crippen LogP contribution in [0.15, 0.2) is 29.1 Å². The third kappa shape index (κ3) is 4.04. The number of esters is 2. The first-order valence-corrected chi connectivity index (χ1v) is 8.65. The molecule has 0 spiro atoms. The predicted octanol–water partition coefficient (Wildman–Crippen LogP) is 3.06. The highest BCUT2D eigenvalue weighted by atomic mass is 35.5. The minimum absolute atomic E-state index is 0.00197. The zero-order chi connectivity index (χ0) is 21.0. The van der Waals surface area contributed by atoms with Crippen LogP contribution in [0.5, 0.6) is 0 Å². The summed E-state index contributed by atoms with van der Waals surface area (Å²) in [7, 11) is 0. The number of benzene rings is 1. The van der Waals surface area contributed by atoms with E-state index in [-0.39, 0.29) is 35.2 Å². The summed E-state index contributed by atoms with van der Waals surface area (Å²) in [4.78, 5) is 48.2. The molecule has 0 aliphatic heterocycles. The van der Waals surface area contributed by atoms with Gasteiger partial charge in [0.1, 0.15) is 11.3 Å². The lowest BCUT2D eigenvalue weighted by molar-refractivity contribution is -0.384. The molecule has 0 aliphatic carbocycles. The van der Waals surface area contributed by atoms with Crippen LogP contribution in [0.4, 0.5) is 5.69 Å². The van der Waals surface area contributed by atoms with Crippen molar-refractivity contribution in [1.82, 2.24) is 4.57 Å². The second-order valence-corrected chi connectivity index (χ2v) is 5.97. The van der Waals surface area contributed by atoms with Gasteiger partial charge in [0.2, 0.25) is 0 Å². The van der Waals surface area contributed by atoms with Gasteiger partial charge >= 0.3 is 11.9 Å². The normalized spacial score (nSPS) is 10.4. The molecule has 0 aliphatic rings. The van der Waals surface area contributed by atoms with Crippen LogP contribution in [0.25, 0.3) is 5.69 Å². The van der Waals surface area contributed by atoms with Crippen molar-refractivity contribution in [3.05, 3.63) is 66.6 Å². The third-order valence-electron chi connectivity index (χ3n) is 3.81. The molecule has 1 aromatic carbocycles. The number of carbonyl (C=O) groups is 2. The van der Waals surface area contributed by atoms with Crippen molar-refractivity contribution in [1.29, 1.82) is 0 Å². The molecule has 0 saturated heterocycles. The number of halogens is 1. The van der Waals surface area contributed by atoms with E-state index in [9.17, 15) is 24.5 Å². The van der Waals surface area contributed by atoms with E-state index in [1.54, 1.807) is 13.8 Å². The van der Waals surface area contributed by atoms with Crippen molar-refractivity contribution >= 4 is 29.2 Å². The van der Waals surface area contributed by atoms with Crippen LogP contribution >= 0.6 is 11.6 Å². The van der Waals surface area contributed by atoms with Gasteiger partial charge in [-0.3, -0.25) is 19.5 Å². The summed E-state index contributed by atoms with van der Waals surface area (Å²) in [6, 6.07) is 4.77. The summed E-state index contributed by atoms with van der Waals surface area (Å²) < 4.78 is 10.8. The highest BCUT2D eigenvalue weighted by Crippen LogP contribution is 2.27. The Kier molecular flexibility index (Phi) is 6.53. The fourth-order valence-electron chi connectivity index (χ4n) is 2.60. The molecule has 0 bridgehead atoms. The molecule has 0 fully saturated rings. The minimum atomic E-state index is -0.955. The van der Waals surface area contributed by atoms with Crippen LogP contribution in [0.1, 0.15) is 40.3 Å². The van der Waals surface area contributed by atoms with Crippen LogP contribution in [-0.4, -0.2) is 34.6 Å². The fourth-order valence-corrected chi connectivity index (χ4v) is 2.76. The molecule has 1 heterocycles. The summed E-state index contributed by atoms with van der Waals surface area (Å²) in [6.45, 7) is 4.64. The van der Waals surface area contributed by atoms with Crippen LogP contribution in [0, 0.1) is 17.0 Å². The molecule has 28 heavy (non-hydrogen) atoms. The van der Waals surface area contributed by atoms with E-state index >= 15 is 0 Å². The number of carbonyl (C=O) groups excluding carboxylic acids is 2. The maximum absolute atomic E-state index is 13.0. The maximum atomic E-state index is 13.0. The number of nitrogens with zero attached hydrogens (tertiary/aromatic N) is 2. The molecule has 0 N–H and O–H groups in total. The monoisotopic (exact) mass is 408 g/mol. The first-order chi connectivity index (χ1) is 13.2. The maximum Gasteiger partial charge on any atom is 0.343 e. The van der Waals surface area contributed by atoms with E-state index in [4.69, 9.17) is 21.1 Å². The van der Waals surface area contributed by atoms with E-state index < -0.39 is 33.7 Å². The zero-order valence-electron chi connectivity index (χ0n) is 15.4. The molecule has 9 nitrogen and oxygen atoms in total. The molecular weight excluding hydrogens is 392 g/mol. The molecule has 2 aromatic rings. The van der Waals surface area contributed by atoms with Crippen molar-refractivity contribution in [2.45, 2.75) is 20.8 Å². The highest BCUT2D eigenvalue weighted by molar-refractivity contribution is 6.30. The van der Waals surface area contributed by atoms with Crippen molar-refractivity contribution in [3.8, 4) is 5.69 Å². The largest absolute Gasteiger partial charge is 0.462 e.